The zero-order valence-corrected chi connectivity index (χ0v) is 10.6. The third-order valence-electron chi connectivity index (χ3n) is 3.04. The van der Waals surface area contributed by atoms with Crippen LogP contribution in [0.5, 0.6) is 0 Å². The highest BCUT2D eigenvalue weighted by molar-refractivity contribution is 5.34. The molecule has 4 heteroatoms. The number of hydrogen-bond donors (Lipinski definition) is 1. The number of rotatable bonds is 6. The van der Waals surface area contributed by atoms with E-state index in [1.54, 1.807) is 12.1 Å². The number of nitro benzene ring substituents is 1. The molecule has 0 aliphatic heterocycles. The topological polar surface area (TPSA) is 55.2 Å². The van der Waals surface area contributed by atoms with Crippen molar-refractivity contribution >= 4 is 5.69 Å². The molecule has 4 nitrogen and oxygen atoms in total. The molecule has 1 aromatic rings. The lowest BCUT2D eigenvalue weighted by Gasteiger charge is -2.19. The number of non-ortho nitro benzene ring substituents is 1. The van der Waals surface area contributed by atoms with Crippen molar-refractivity contribution in [3.8, 4) is 0 Å². The zero-order chi connectivity index (χ0) is 12.8. The van der Waals surface area contributed by atoms with Crippen LogP contribution in [-0.4, -0.2) is 18.0 Å². The number of nitrogens with one attached hydrogen (secondary N) is 1. The van der Waals surface area contributed by atoms with Gasteiger partial charge in [-0.05, 0) is 31.4 Å². The molecule has 0 aliphatic carbocycles. The van der Waals surface area contributed by atoms with E-state index in [1.165, 1.54) is 6.07 Å². The average Bonchev–Trinajstić information content (AvgIpc) is 2.29. The fourth-order valence-corrected chi connectivity index (χ4v) is 1.96. The molecule has 1 N–H and O–H groups in total. The molecule has 1 atom stereocenters. The molecule has 1 aromatic carbocycles. The van der Waals surface area contributed by atoms with Crippen molar-refractivity contribution in [3.05, 3.63) is 39.9 Å². The Kier molecular flexibility index (Phi) is 5.10. The van der Waals surface area contributed by atoms with Crippen LogP contribution < -0.4 is 5.32 Å². The van der Waals surface area contributed by atoms with E-state index in [1.807, 2.05) is 13.1 Å². The Balaban J connectivity index is 2.62. The van der Waals surface area contributed by atoms with Crippen LogP contribution in [0.1, 0.15) is 25.8 Å². The Morgan fingerprint density at radius 3 is 2.65 bits per heavy atom. The van der Waals surface area contributed by atoms with Gasteiger partial charge in [0.05, 0.1) is 4.92 Å². The molecule has 0 fully saturated rings. The Morgan fingerprint density at radius 2 is 2.12 bits per heavy atom. The molecule has 0 aliphatic rings. The van der Waals surface area contributed by atoms with Gasteiger partial charge in [-0.15, -0.1) is 0 Å². The van der Waals surface area contributed by atoms with E-state index in [2.05, 4.69) is 19.2 Å². The van der Waals surface area contributed by atoms with Gasteiger partial charge in [-0.1, -0.05) is 26.0 Å². The smallest absolute Gasteiger partial charge is 0.269 e. The first kappa shape index (κ1) is 13.6. The van der Waals surface area contributed by atoms with Gasteiger partial charge in [-0.3, -0.25) is 10.1 Å². The molecule has 0 saturated carbocycles. The number of nitrogens with zero attached hydrogens (tertiary/aromatic N) is 1. The van der Waals surface area contributed by atoms with Crippen molar-refractivity contribution in [2.45, 2.75) is 32.7 Å². The second kappa shape index (κ2) is 6.35. The van der Waals surface area contributed by atoms with Gasteiger partial charge in [0.25, 0.3) is 5.69 Å². The van der Waals surface area contributed by atoms with E-state index in [4.69, 9.17) is 0 Å². The third kappa shape index (κ3) is 4.15. The first-order valence-electron chi connectivity index (χ1n) is 5.95. The minimum atomic E-state index is -0.346. The van der Waals surface area contributed by atoms with E-state index < -0.39 is 0 Å². The Bertz CT molecular complexity index is 377. The maximum atomic E-state index is 10.6. The van der Waals surface area contributed by atoms with Crippen LogP contribution >= 0.6 is 0 Å². The van der Waals surface area contributed by atoms with Gasteiger partial charge >= 0.3 is 0 Å². The molecule has 0 spiro atoms. The molecule has 0 saturated heterocycles. The Morgan fingerprint density at radius 1 is 1.41 bits per heavy atom. The fourth-order valence-electron chi connectivity index (χ4n) is 1.96. The summed E-state index contributed by atoms with van der Waals surface area (Å²) in [4.78, 5) is 10.3. The lowest BCUT2D eigenvalue weighted by Crippen LogP contribution is -2.30. The van der Waals surface area contributed by atoms with Crippen LogP contribution in [0.15, 0.2) is 24.3 Å². The van der Waals surface area contributed by atoms with Gasteiger partial charge in [0.2, 0.25) is 0 Å². The first-order valence-corrected chi connectivity index (χ1v) is 5.95. The normalized spacial score (nSPS) is 12.7. The Labute approximate surface area is 102 Å². The van der Waals surface area contributed by atoms with Gasteiger partial charge in [0.1, 0.15) is 0 Å². The van der Waals surface area contributed by atoms with Gasteiger partial charge in [-0.2, -0.15) is 0 Å². The van der Waals surface area contributed by atoms with Crippen LogP contribution in [0.4, 0.5) is 5.69 Å². The van der Waals surface area contributed by atoms with Crippen molar-refractivity contribution < 1.29 is 4.92 Å². The summed E-state index contributed by atoms with van der Waals surface area (Å²) in [5, 5.41) is 13.9. The number of nitro groups is 1. The van der Waals surface area contributed by atoms with Crippen LogP contribution in [0.3, 0.4) is 0 Å². The standard InChI is InChI=1S/C13H20N2O2/c1-10(2)13(14-3)8-7-11-5-4-6-12(9-11)15(16)17/h4-6,9-10,13-14H,7-8H2,1-3H3. The van der Waals surface area contributed by atoms with Crippen LogP contribution in [-0.2, 0) is 6.42 Å². The summed E-state index contributed by atoms with van der Waals surface area (Å²) in [6.45, 7) is 4.35. The molecule has 0 radical (unpaired) electrons. The van der Waals surface area contributed by atoms with E-state index in [0.717, 1.165) is 18.4 Å². The predicted molar refractivity (Wildman–Crippen MR) is 69.1 cm³/mol. The van der Waals surface area contributed by atoms with E-state index in [9.17, 15) is 10.1 Å². The van der Waals surface area contributed by atoms with Crippen molar-refractivity contribution in [3.63, 3.8) is 0 Å². The largest absolute Gasteiger partial charge is 0.317 e. The lowest BCUT2D eigenvalue weighted by atomic mass is 9.97. The molecule has 0 amide bonds. The SMILES string of the molecule is CNC(CCc1cccc([N+](=O)[O-])c1)C(C)C. The molecule has 1 unspecified atom stereocenters. The highest BCUT2D eigenvalue weighted by Gasteiger charge is 2.11. The van der Waals surface area contributed by atoms with Crippen molar-refractivity contribution in [2.75, 3.05) is 7.05 Å². The predicted octanol–water partition coefficient (Wildman–Crippen LogP) is 2.77. The molecule has 0 aromatic heterocycles. The summed E-state index contributed by atoms with van der Waals surface area (Å²) in [6, 6.07) is 7.33. The highest BCUT2D eigenvalue weighted by Crippen LogP contribution is 2.16. The van der Waals surface area contributed by atoms with Gasteiger partial charge in [0.15, 0.2) is 0 Å². The molecule has 94 valence electrons. The second-order valence-corrected chi connectivity index (χ2v) is 4.60. The van der Waals surface area contributed by atoms with Crippen molar-refractivity contribution in [2.24, 2.45) is 5.92 Å². The van der Waals surface area contributed by atoms with E-state index in [-0.39, 0.29) is 10.6 Å². The van der Waals surface area contributed by atoms with Gasteiger partial charge in [-0.25, -0.2) is 0 Å². The fraction of sp³-hybridized carbons (Fsp3) is 0.538. The van der Waals surface area contributed by atoms with E-state index in [0.29, 0.717) is 12.0 Å². The summed E-state index contributed by atoms with van der Waals surface area (Å²) >= 11 is 0. The molecular weight excluding hydrogens is 216 g/mol. The molecule has 17 heavy (non-hydrogen) atoms. The minimum absolute atomic E-state index is 0.174. The zero-order valence-electron chi connectivity index (χ0n) is 10.6. The third-order valence-corrected chi connectivity index (χ3v) is 3.04. The maximum Gasteiger partial charge on any atom is 0.269 e. The average molecular weight is 236 g/mol. The Hall–Kier alpha value is -1.42. The van der Waals surface area contributed by atoms with Crippen LogP contribution in [0.25, 0.3) is 0 Å². The summed E-state index contributed by atoms with van der Waals surface area (Å²) in [6.07, 6.45) is 1.86. The molecule has 0 bridgehead atoms. The molecular formula is C13H20N2O2. The lowest BCUT2D eigenvalue weighted by molar-refractivity contribution is -0.384. The van der Waals surface area contributed by atoms with Crippen molar-refractivity contribution in [1.82, 2.24) is 5.32 Å². The second-order valence-electron chi connectivity index (χ2n) is 4.60. The van der Waals surface area contributed by atoms with Gasteiger partial charge in [0, 0.05) is 18.2 Å². The maximum absolute atomic E-state index is 10.6. The number of benzene rings is 1. The summed E-state index contributed by atoms with van der Waals surface area (Å²) < 4.78 is 0. The molecule has 1 rings (SSSR count). The van der Waals surface area contributed by atoms with Gasteiger partial charge < -0.3 is 5.32 Å². The van der Waals surface area contributed by atoms with Crippen LogP contribution in [0.2, 0.25) is 0 Å². The van der Waals surface area contributed by atoms with E-state index >= 15 is 0 Å². The quantitative estimate of drug-likeness (QED) is 0.610. The number of hydrogen-bond acceptors (Lipinski definition) is 3. The summed E-state index contributed by atoms with van der Waals surface area (Å²) in [5.41, 5.74) is 1.20. The molecule has 0 heterocycles. The minimum Gasteiger partial charge on any atom is -0.317 e. The number of aryl methyl sites for hydroxylation is 1. The first-order chi connectivity index (χ1) is 8.04. The van der Waals surface area contributed by atoms with Crippen molar-refractivity contribution in [1.29, 1.82) is 0 Å². The highest BCUT2D eigenvalue weighted by atomic mass is 16.6. The monoisotopic (exact) mass is 236 g/mol. The van der Waals surface area contributed by atoms with Crippen LogP contribution in [0, 0.1) is 16.0 Å². The summed E-state index contributed by atoms with van der Waals surface area (Å²) in [5.74, 6) is 0.568. The summed E-state index contributed by atoms with van der Waals surface area (Å²) in [7, 11) is 1.96.